The summed E-state index contributed by atoms with van der Waals surface area (Å²) in [6.45, 7) is 0.568. The molecule has 1 aromatic carbocycles. The summed E-state index contributed by atoms with van der Waals surface area (Å²) in [6, 6.07) is 9.14. The number of hydrogen-bond donors (Lipinski definition) is 2. The summed E-state index contributed by atoms with van der Waals surface area (Å²) in [4.78, 5) is 14.4. The highest BCUT2D eigenvalue weighted by atomic mass is 16.5. The van der Waals surface area contributed by atoms with E-state index >= 15 is 0 Å². The van der Waals surface area contributed by atoms with Gasteiger partial charge < -0.3 is 20.5 Å². The van der Waals surface area contributed by atoms with Crippen LogP contribution in [0.4, 0.5) is 5.95 Å². The third kappa shape index (κ3) is 3.15. The molecule has 9 nitrogen and oxygen atoms in total. The Labute approximate surface area is 132 Å². The second kappa shape index (κ2) is 6.71. The summed E-state index contributed by atoms with van der Waals surface area (Å²) in [7, 11) is 0. The first-order valence-electron chi connectivity index (χ1n) is 7.29. The van der Waals surface area contributed by atoms with Crippen molar-refractivity contribution in [1.29, 1.82) is 0 Å². The van der Waals surface area contributed by atoms with Crippen LogP contribution in [0, 0.1) is 0 Å². The number of benzene rings is 1. The molecule has 0 radical (unpaired) electrons. The number of hydrogen-bond acceptors (Lipinski definition) is 7. The quantitative estimate of drug-likeness (QED) is 0.758. The van der Waals surface area contributed by atoms with Crippen LogP contribution in [0.15, 0.2) is 30.3 Å². The zero-order chi connectivity index (χ0) is 16.2. The average Bonchev–Trinajstić information content (AvgIpc) is 2.99. The molecular weight excluding hydrogens is 300 g/mol. The largest absolute Gasteiger partial charge is 0.394 e. The van der Waals surface area contributed by atoms with Crippen LogP contribution in [0.25, 0.3) is 0 Å². The zero-order valence-electron chi connectivity index (χ0n) is 12.4. The molecule has 3 rings (SSSR count). The Morgan fingerprint density at radius 2 is 2.17 bits per heavy atom. The van der Waals surface area contributed by atoms with E-state index in [4.69, 9.17) is 10.5 Å². The van der Waals surface area contributed by atoms with Gasteiger partial charge in [-0.3, -0.25) is 4.79 Å². The van der Waals surface area contributed by atoms with Crippen LogP contribution >= 0.6 is 0 Å². The van der Waals surface area contributed by atoms with Crippen LogP contribution < -0.4 is 5.73 Å². The first-order chi connectivity index (χ1) is 11.2. The van der Waals surface area contributed by atoms with Crippen LogP contribution in [0.3, 0.4) is 0 Å². The Morgan fingerprint density at radius 3 is 2.83 bits per heavy atom. The van der Waals surface area contributed by atoms with Gasteiger partial charge in [0, 0.05) is 6.54 Å². The number of nitrogen functional groups attached to an aromatic ring is 1. The van der Waals surface area contributed by atoms with Gasteiger partial charge in [-0.25, -0.2) is 4.68 Å². The molecule has 122 valence electrons. The number of nitrogens with two attached hydrogens (primary N) is 1. The number of aliphatic hydroxyl groups excluding tert-OH is 1. The maximum Gasteiger partial charge on any atom is 0.245 e. The summed E-state index contributed by atoms with van der Waals surface area (Å²) in [6.07, 6.45) is -0.471. The Morgan fingerprint density at radius 1 is 1.39 bits per heavy atom. The Kier molecular flexibility index (Phi) is 4.49. The summed E-state index contributed by atoms with van der Waals surface area (Å²) in [5.74, 6) is -0.0961. The van der Waals surface area contributed by atoms with Crippen molar-refractivity contribution >= 4 is 11.9 Å². The fourth-order valence-electron chi connectivity index (χ4n) is 2.75. The summed E-state index contributed by atoms with van der Waals surface area (Å²) >= 11 is 0. The predicted molar refractivity (Wildman–Crippen MR) is 80.0 cm³/mol. The molecule has 0 aliphatic carbocycles. The second-order valence-electron chi connectivity index (χ2n) is 5.23. The highest BCUT2D eigenvalue weighted by molar-refractivity contribution is 5.77. The number of anilines is 1. The van der Waals surface area contributed by atoms with E-state index in [1.807, 2.05) is 30.3 Å². The maximum atomic E-state index is 12.7. The number of tetrazole rings is 1. The van der Waals surface area contributed by atoms with Gasteiger partial charge in [0.2, 0.25) is 11.9 Å². The Balaban J connectivity index is 1.85. The number of aliphatic hydroxyl groups is 1. The standard InChI is InChI=1S/C14H18N6O3/c15-14-16-17-18-20(14)8-12(22)19-6-7-23-11(9-21)13(19)10-4-2-1-3-5-10/h1-5,11,13,21H,6-9H2,(H2,15,16,18)/t11-,13-/m1/s1. The first kappa shape index (κ1) is 15.4. The number of morpholine rings is 1. The first-order valence-corrected chi connectivity index (χ1v) is 7.29. The van der Waals surface area contributed by atoms with Crippen molar-refractivity contribution in [3.63, 3.8) is 0 Å². The van der Waals surface area contributed by atoms with E-state index in [1.54, 1.807) is 4.90 Å². The minimum absolute atomic E-state index is 0.0552. The Hall–Kier alpha value is -2.52. The van der Waals surface area contributed by atoms with Crippen molar-refractivity contribution < 1.29 is 14.6 Å². The lowest BCUT2D eigenvalue weighted by Crippen LogP contribution is -2.50. The number of rotatable bonds is 4. The lowest BCUT2D eigenvalue weighted by atomic mass is 9.98. The molecule has 23 heavy (non-hydrogen) atoms. The molecule has 2 aromatic rings. The number of amides is 1. The van der Waals surface area contributed by atoms with Gasteiger partial charge in [0.1, 0.15) is 12.6 Å². The molecule has 1 amide bonds. The number of carbonyl (C=O) groups excluding carboxylic acids is 1. The molecule has 0 unspecified atom stereocenters. The van der Waals surface area contributed by atoms with Crippen LogP contribution in [0.2, 0.25) is 0 Å². The third-order valence-corrected chi connectivity index (χ3v) is 3.84. The summed E-state index contributed by atoms with van der Waals surface area (Å²) in [5, 5.41) is 20.3. The van der Waals surface area contributed by atoms with Crippen molar-refractivity contribution in [2.45, 2.75) is 18.7 Å². The van der Waals surface area contributed by atoms with Gasteiger partial charge in [0.15, 0.2) is 0 Å². The van der Waals surface area contributed by atoms with Crippen molar-refractivity contribution in [1.82, 2.24) is 25.1 Å². The maximum absolute atomic E-state index is 12.7. The molecule has 1 fully saturated rings. The van der Waals surface area contributed by atoms with E-state index in [1.165, 1.54) is 4.68 Å². The van der Waals surface area contributed by atoms with Crippen LogP contribution in [-0.4, -0.2) is 62.0 Å². The fourth-order valence-corrected chi connectivity index (χ4v) is 2.75. The SMILES string of the molecule is Nc1nnnn1CC(=O)N1CCO[C@H](CO)[C@H]1c1ccccc1. The Bertz CT molecular complexity index is 662. The zero-order valence-corrected chi connectivity index (χ0v) is 12.4. The van der Waals surface area contributed by atoms with Crippen molar-refractivity contribution in [2.75, 3.05) is 25.5 Å². The molecule has 0 bridgehead atoms. The van der Waals surface area contributed by atoms with E-state index in [0.717, 1.165) is 5.56 Å². The molecular formula is C14H18N6O3. The van der Waals surface area contributed by atoms with Crippen LogP contribution in [0.1, 0.15) is 11.6 Å². The number of nitrogens with zero attached hydrogens (tertiary/aromatic N) is 5. The van der Waals surface area contributed by atoms with Crippen molar-refractivity contribution in [3.05, 3.63) is 35.9 Å². The van der Waals surface area contributed by atoms with E-state index in [-0.39, 0.29) is 31.0 Å². The van der Waals surface area contributed by atoms with Crippen molar-refractivity contribution in [3.8, 4) is 0 Å². The average molecular weight is 318 g/mol. The number of carbonyl (C=O) groups is 1. The molecule has 1 aliphatic heterocycles. The molecule has 9 heteroatoms. The lowest BCUT2D eigenvalue weighted by molar-refractivity contribution is -0.150. The topological polar surface area (TPSA) is 119 Å². The van der Waals surface area contributed by atoms with E-state index in [0.29, 0.717) is 13.2 Å². The van der Waals surface area contributed by atoms with Gasteiger partial charge in [-0.2, -0.15) is 0 Å². The van der Waals surface area contributed by atoms with Gasteiger partial charge in [-0.15, -0.1) is 0 Å². The highest BCUT2D eigenvalue weighted by Crippen LogP contribution is 2.29. The third-order valence-electron chi connectivity index (χ3n) is 3.84. The molecule has 3 N–H and O–H groups in total. The molecule has 1 aliphatic rings. The van der Waals surface area contributed by atoms with E-state index in [2.05, 4.69) is 15.5 Å². The van der Waals surface area contributed by atoms with Crippen LogP contribution in [-0.2, 0) is 16.1 Å². The van der Waals surface area contributed by atoms with Gasteiger partial charge in [-0.05, 0) is 16.0 Å². The summed E-state index contributed by atoms with van der Waals surface area (Å²) < 4.78 is 6.86. The normalized spacial score (nSPS) is 21.3. The number of ether oxygens (including phenoxy) is 1. The molecule has 1 saturated heterocycles. The molecule has 0 saturated carbocycles. The minimum Gasteiger partial charge on any atom is -0.394 e. The second-order valence-corrected chi connectivity index (χ2v) is 5.23. The highest BCUT2D eigenvalue weighted by Gasteiger charge is 2.36. The number of aromatic nitrogens is 4. The monoisotopic (exact) mass is 318 g/mol. The van der Waals surface area contributed by atoms with Gasteiger partial charge in [0.25, 0.3) is 0 Å². The van der Waals surface area contributed by atoms with Crippen molar-refractivity contribution in [2.24, 2.45) is 0 Å². The van der Waals surface area contributed by atoms with Gasteiger partial charge in [0.05, 0.1) is 19.3 Å². The smallest absolute Gasteiger partial charge is 0.245 e. The predicted octanol–water partition coefficient (Wildman–Crippen LogP) is -0.784. The van der Waals surface area contributed by atoms with Gasteiger partial charge >= 0.3 is 0 Å². The molecule has 2 atom stereocenters. The fraction of sp³-hybridized carbons (Fsp3) is 0.429. The molecule has 1 aromatic heterocycles. The van der Waals surface area contributed by atoms with E-state index in [9.17, 15) is 9.90 Å². The summed E-state index contributed by atoms with van der Waals surface area (Å²) in [5.41, 5.74) is 6.52. The van der Waals surface area contributed by atoms with Crippen LogP contribution in [0.5, 0.6) is 0 Å². The van der Waals surface area contributed by atoms with E-state index < -0.39 is 6.10 Å². The molecule has 0 spiro atoms. The minimum atomic E-state index is -0.471. The molecule has 2 heterocycles. The van der Waals surface area contributed by atoms with Gasteiger partial charge in [-0.1, -0.05) is 35.4 Å². The lowest BCUT2D eigenvalue weighted by Gasteiger charge is -2.40.